The molecular formula is C28H43N3. The summed E-state index contributed by atoms with van der Waals surface area (Å²) in [4.78, 5) is 0. The fourth-order valence-electron chi connectivity index (χ4n) is 9.64. The van der Waals surface area contributed by atoms with Crippen molar-refractivity contribution in [2.75, 3.05) is 0 Å². The van der Waals surface area contributed by atoms with Crippen molar-refractivity contribution in [3.63, 3.8) is 0 Å². The van der Waals surface area contributed by atoms with Crippen molar-refractivity contribution < 1.29 is 0 Å². The van der Waals surface area contributed by atoms with E-state index in [9.17, 15) is 0 Å². The molecule has 1 heterocycles. The molecule has 8 unspecified atom stereocenters. The maximum Gasteiger partial charge on any atom is 0.162 e. The average Bonchev–Trinajstić information content (AvgIpc) is 3.36. The SMILES string of the molecule is CCC1CCC2(C)C(CCC3C2CCC2(C)C3CCC2[C@H](C)Cn2ccc(C#N)n2)C1. The predicted octanol–water partition coefficient (Wildman–Crippen LogP) is 7.08. The highest BCUT2D eigenvalue weighted by atomic mass is 15.3. The average molecular weight is 422 g/mol. The van der Waals surface area contributed by atoms with Gasteiger partial charge in [-0.2, -0.15) is 10.4 Å². The molecule has 1 aromatic rings. The molecular weight excluding hydrogens is 378 g/mol. The first-order valence-corrected chi connectivity index (χ1v) is 13.3. The van der Waals surface area contributed by atoms with Crippen LogP contribution >= 0.6 is 0 Å². The van der Waals surface area contributed by atoms with E-state index < -0.39 is 0 Å². The van der Waals surface area contributed by atoms with Crippen LogP contribution in [0.5, 0.6) is 0 Å². The third-order valence-electron chi connectivity index (χ3n) is 11.3. The first-order valence-electron chi connectivity index (χ1n) is 13.3. The number of aromatic nitrogens is 2. The van der Waals surface area contributed by atoms with E-state index in [0.717, 1.165) is 42.1 Å². The first-order chi connectivity index (χ1) is 14.9. The second kappa shape index (κ2) is 7.93. The van der Waals surface area contributed by atoms with Crippen LogP contribution in [0.15, 0.2) is 12.3 Å². The van der Waals surface area contributed by atoms with Crippen molar-refractivity contribution in [1.29, 1.82) is 5.26 Å². The monoisotopic (exact) mass is 421 g/mol. The lowest BCUT2D eigenvalue weighted by Gasteiger charge is -2.61. The first kappa shape index (κ1) is 21.5. The quantitative estimate of drug-likeness (QED) is 0.521. The molecule has 0 amide bonds. The van der Waals surface area contributed by atoms with Gasteiger partial charge in [0, 0.05) is 12.7 Å². The molecule has 9 atom stereocenters. The lowest BCUT2D eigenvalue weighted by Crippen LogP contribution is -2.53. The van der Waals surface area contributed by atoms with Gasteiger partial charge in [-0.15, -0.1) is 0 Å². The van der Waals surface area contributed by atoms with Crippen molar-refractivity contribution in [2.45, 2.75) is 98.4 Å². The smallest absolute Gasteiger partial charge is 0.162 e. The molecule has 4 aliphatic rings. The normalized spacial score (nSPS) is 45.3. The highest BCUT2D eigenvalue weighted by molar-refractivity contribution is 5.16. The van der Waals surface area contributed by atoms with Crippen LogP contribution in [0.1, 0.15) is 97.6 Å². The van der Waals surface area contributed by atoms with Gasteiger partial charge in [0.15, 0.2) is 5.69 Å². The molecule has 3 nitrogen and oxygen atoms in total. The summed E-state index contributed by atoms with van der Waals surface area (Å²) >= 11 is 0. The summed E-state index contributed by atoms with van der Waals surface area (Å²) in [5.41, 5.74) is 1.68. The van der Waals surface area contributed by atoms with Crippen LogP contribution in [0.2, 0.25) is 0 Å². The molecule has 0 saturated heterocycles. The van der Waals surface area contributed by atoms with Crippen LogP contribution in [0, 0.1) is 63.6 Å². The van der Waals surface area contributed by atoms with E-state index >= 15 is 0 Å². The molecule has 5 rings (SSSR count). The van der Waals surface area contributed by atoms with Gasteiger partial charge in [-0.25, -0.2) is 0 Å². The Hall–Kier alpha value is -1.30. The Balaban J connectivity index is 1.32. The van der Waals surface area contributed by atoms with Gasteiger partial charge >= 0.3 is 0 Å². The van der Waals surface area contributed by atoms with E-state index in [1.54, 1.807) is 0 Å². The number of rotatable bonds is 4. The number of nitrogens with zero attached hydrogens (tertiary/aromatic N) is 3. The number of hydrogen-bond acceptors (Lipinski definition) is 2. The number of nitriles is 1. The summed E-state index contributed by atoms with van der Waals surface area (Å²) in [5, 5.41) is 13.6. The van der Waals surface area contributed by atoms with Crippen LogP contribution in [0.3, 0.4) is 0 Å². The third-order valence-corrected chi connectivity index (χ3v) is 11.3. The highest BCUT2D eigenvalue weighted by Gasteiger charge is 2.60. The third kappa shape index (κ3) is 3.39. The van der Waals surface area contributed by atoms with Crippen molar-refractivity contribution >= 4 is 0 Å². The molecule has 1 aromatic heterocycles. The topological polar surface area (TPSA) is 41.6 Å². The Bertz CT molecular complexity index is 836. The van der Waals surface area contributed by atoms with Crippen molar-refractivity contribution in [3.05, 3.63) is 18.0 Å². The van der Waals surface area contributed by atoms with E-state index in [4.69, 9.17) is 5.26 Å². The molecule has 31 heavy (non-hydrogen) atoms. The molecule has 0 bridgehead atoms. The maximum absolute atomic E-state index is 9.11. The van der Waals surface area contributed by atoms with E-state index in [-0.39, 0.29) is 0 Å². The molecule has 4 saturated carbocycles. The van der Waals surface area contributed by atoms with Crippen LogP contribution in [-0.2, 0) is 6.54 Å². The fourth-order valence-corrected chi connectivity index (χ4v) is 9.64. The summed E-state index contributed by atoms with van der Waals surface area (Å²) < 4.78 is 2.02. The van der Waals surface area contributed by atoms with E-state index in [1.165, 1.54) is 64.2 Å². The van der Waals surface area contributed by atoms with Gasteiger partial charge in [-0.05, 0) is 116 Å². The summed E-state index contributed by atoms with van der Waals surface area (Å²) in [7, 11) is 0. The van der Waals surface area contributed by atoms with Gasteiger partial charge in [0.05, 0.1) is 0 Å². The Kier molecular flexibility index (Phi) is 5.51. The van der Waals surface area contributed by atoms with Crippen molar-refractivity contribution in [2.24, 2.45) is 52.3 Å². The Morgan fingerprint density at radius 1 is 1.10 bits per heavy atom. The van der Waals surface area contributed by atoms with Gasteiger partial charge in [-0.3, -0.25) is 4.68 Å². The molecule has 0 N–H and O–H groups in total. The summed E-state index contributed by atoms with van der Waals surface area (Å²) in [6, 6.07) is 4.03. The van der Waals surface area contributed by atoms with Gasteiger partial charge in [0.1, 0.15) is 6.07 Å². The maximum atomic E-state index is 9.11. The minimum absolute atomic E-state index is 0.510. The minimum atomic E-state index is 0.510. The molecule has 0 aromatic carbocycles. The summed E-state index contributed by atoms with van der Waals surface area (Å²) in [6.45, 7) is 11.2. The second-order valence-electron chi connectivity index (χ2n) is 12.4. The van der Waals surface area contributed by atoms with Crippen LogP contribution in [-0.4, -0.2) is 9.78 Å². The second-order valence-corrected chi connectivity index (χ2v) is 12.4. The Labute approximate surface area is 190 Å². The molecule has 0 radical (unpaired) electrons. The molecule has 170 valence electrons. The van der Waals surface area contributed by atoms with Crippen LogP contribution < -0.4 is 0 Å². The molecule has 4 aliphatic carbocycles. The zero-order chi connectivity index (χ0) is 21.8. The summed E-state index contributed by atoms with van der Waals surface area (Å²) in [5.74, 6) is 6.34. The molecule has 0 spiro atoms. The van der Waals surface area contributed by atoms with Gasteiger partial charge in [-0.1, -0.05) is 34.1 Å². The highest BCUT2D eigenvalue weighted by Crippen LogP contribution is 2.68. The van der Waals surface area contributed by atoms with E-state index in [2.05, 4.69) is 38.9 Å². The molecule has 0 aliphatic heterocycles. The van der Waals surface area contributed by atoms with E-state index in [1.807, 2.05) is 16.9 Å². The van der Waals surface area contributed by atoms with Gasteiger partial charge < -0.3 is 0 Å². The zero-order valence-electron chi connectivity index (χ0n) is 20.3. The largest absolute Gasteiger partial charge is 0.271 e. The minimum Gasteiger partial charge on any atom is -0.271 e. The van der Waals surface area contributed by atoms with Crippen molar-refractivity contribution in [3.8, 4) is 6.07 Å². The van der Waals surface area contributed by atoms with Gasteiger partial charge in [0.25, 0.3) is 0 Å². The lowest BCUT2D eigenvalue weighted by molar-refractivity contribution is -0.121. The standard InChI is InChI=1S/C28H43N3/c1-5-20-10-13-27(3)21(16-20)6-7-23-25-9-8-24(28(25,4)14-11-26(23)27)19(2)18-31-15-12-22(17-29)30-31/h12,15,19-21,23-26H,5-11,13-14,16,18H2,1-4H3/t19-,20?,21?,23?,24?,25?,26?,27?,28?/m1/s1. The van der Waals surface area contributed by atoms with Gasteiger partial charge in [0.2, 0.25) is 0 Å². The fraction of sp³-hybridized carbons (Fsp3) is 0.857. The van der Waals surface area contributed by atoms with Crippen LogP contribution in [0.25, 0.3) is 0 Å². The number of hydrogen-bond donors (Lipinski definition) is 0. The lowest BCUT2D eigenvalue weighted by atomic mass is 9.44. The van der Waals surface area contributed by atoms with Crippen molar-refractivity contribution in [1.82, 2.24) is 9.78 Å². The molecule has 3 heteroatoms. The molecule has 4 fully saturated rings. The zero-order valence-corrected chi connectivity index (χ0v) is 20.3. The number of fused-ring (bicyclic) bond motifs is 5. The Morgan fingerprint density at radius 3 is 2.61 bits per heavy atom. The van der Waals surface area contributed by atoms with E-state index in [0.29, 0.717) is 22.4 Å². The Morgan fingerprint density at radius 2 is 1.87 bits per heavy atom. The summed E-state index contributed by atoms with van der Waals surface area (Å²) in [6.07, 6.45) is 16.7. The predicted molar refractivity (Wildman–Crippen MR) is 125 cm³/mol. The van der Waals surface area contributed by atoms with Crippen LogP contribution in [0.4, 0.5) is 0 Å².